The van der Waals surface area contributed by atoms with E-state index in [0.717, 1.165) is 25.3 Å². The van der Waals surface area contributed by atoms with Crippen molar-refractivity contribution in [3.8, 4) is 5.75 Å². The van der Waals surface area contributed by atoms with Crippen LogP contribution in [-0.2, 0) is 0 Å². The first-order valence-corrected chi connectivity index (χ1v) is 7.92. The van der Waals surface area contributed by atoms with E-state index < -0.39 is 0 Å². The van der Waals surface area contributed by atoms with Crippen molar-refractivity contribution >= 4 is 0 Å². The highest BCUT2D eigenvalue weighted by Gasteiger charge is 2.38. The Morgan fingerprint density at radius 1 is 1.00 bits per heavy atom. The Morgan fingerprint density at radius 3 is 2.71 bits per heavy atom. The van der Waals surface area contributed by atoms with Crippen LogP contribution in [0.3, 0.4) is 0 Å². The predicted octanol–water partition coefficient (Wildman–Crippen LogP) is 3.70. The fourth-order valence-electron chi connectivity index (χ4n) is 3.41. The number of hydrogen-bond donors (Lipinski definition) is 1. The molecule has 2 aromatic carbocycles. The van der Waals surface area contributed by atoms with Crippen LogP contribution < -0.4 is 10.1 Å². The quantitative estimate of drug-likeness (QED) is 0.921. The summed E-state index contributed by atoms with van der Waals surface area (Å²) in [4.78, 5) is 0. The molecule has 0 aromatic heterocycles. The van der Waals surface area contributed by atoms with Crippen molar-refractivity contribution in [1.82, 2.24) is 5.32 Å². The van der Waals surface area contributed by atoms with Gasteiger partial charge in [0.05, 0.1) is 6.61 Å². The zero-order valence-electron chi connectivity index (χ0n) is 12.2. The number of ether oxygens (including phenoxy) is 1. The third kappa shape index (κ3) is 2.68. The summed E-state index contributed by atoms with van der Waals surface area (Å²) in [7, 11) is 0. The Balaban J connectivity index is 1.37. The lowest BCUT2D eigenvalue weighted by Gasteiger charge is -2.26. The van der Waals surface area contributed by atoms with Crippen LogP contribution in [0.4, 0.5) is 0 Å². The number of benzene rings is 2. The average molecular weight is 279 g/mol. The molecule has 1 saturated carbocycles. The van der Waals surface area contributed by atoms with Crippen LogP contribution in [0.25, 0.3) is 0 Å². The van der Waals surface area contributed by atoms with Gasteiger partial charge in [-0.2, -0.15) is 0 Å². The van der Waals surface area contributed by atoms with Crippen molar-refractivity contribution < 1.29 is 4.74 Å². The van der Waals surface area contributed by atoms with E-state index in [1.54, 1.807) is 0 Å². The predicted molar refractivity (Wildman–Crippen MR) is 84.9 cm³/mol. The van der Waals surface area contributed by atoms with E-state index in [2.05, 4.69) is 59.9 Å². The third-order valence-corrected chi connectivity index (χ3v) is 4.73. The monoisotopic (exact) mass is 279 g/mol. The molecule has 0 bridgehead atoms. The van der Waals surface area contributed by atoms with E-state index >= 15 is 0 Å². The number of para-hydroxylation sites is 1. The molecule has 1 N–H and O–H groups in total. The Morgan fingerprint density at radius 2 is 1.81 bits per heavy atom. The van der Waals surface area contributed by atoms with Crippen LogP contribution >= 0.6 is 0 Å². The van der Waals surface area contributed by atoms with Gasteiger partial charge in [0, 0.05) is 24.4 Å². The van der Waals surface area contributed by atoms with Crippen molar-refractivity contribution in [3.05, 3.63) is 65.7 Å². The largest absolute Gasteiger partial charge is 0.493 e. The number of rotatable bonds is 4. The minimum atomic E-state index is 0.590. The van der Waals surface area contributed by atoms with E-state index in [4.69, 9.17) is 4.74 Å². The molecule has 2 heteroatoms. The molecule has 3 unspecified atom stereocenters. The third-order valence-electron chi connectivity index (χ3n) is 4.73. The second kappa shape index (κ2) is 5.53. The standard InChI is InChI=1S/C19H21NO/c1-2-6-14(7-3-1)17-12-18(17)20-13-15-10-11-21-19-9-5-4-8-16(15)19/h1-9,15,17-18,20H,10-13H2. The van der Waals surface area contributed by atoms with Gasteiger partial charge in [0.1, 0.15) is 5.75 Å². The first-order valence-electron chi connectivity index (χ1n) is 7.92. The fourth-order valence-corrected chi connectivity index (χ4v) is 3.41. The molecular weight excluding hydrogens is 258 g/mol. The molecule has 0 spiro atoms. The second-order valence-corrected chi connectivity index (χ2v) is 6.14. The van der Waals surface area contributed by atoms with Crippen molar-refractivity contribution in [2.45, 2.75) is 30.7 Å². The fraction of sp³-hybridized carbons (Fsp3) is 0.368. The molecule has 2 aromatic rings. The maximum Gasteiger partial charge on any atom is 0.122 e. The number of fused-ring (bicyclic) bond motifs is 1. The van der Waals surface area contributed by atoms with Crippen molar-refractivity contribution in [2.24, 2.45) is 0 Å². The van der Waals surface area contributed by atoms with Gasteiger partial charge in [0.2, 0.25) is 0 Å². The second-order valence-electron chi connectivity index (χ2n) is 6.14. The molecular formula is C19H21NO. The summed E-state index contributed by atoms with van der Waals surface area (Å²) < 4.78 is 5.74. The molecule has 0 amide bonds. The molecule has 0 saturated heterocycles. The van der Waals surface area contributed by atoms with Gasteiger partial charge < -0.3 is 10.1 Å². The Labute approximate surface area is 126 Å². The summed E-state index contributed by atoms with van der Waals surface area (Å²) in [5, 5.41) is 3.76. The van der Waals surface area contributed by atoms with Crippen molar-refractivity contribution in [2.75, 3.05) is 13.2 Å². The Hall–Kier alpha value is -1.80. The van der Waals surface area contributed by atoms with E-state index in [0.29, 0.717) is 17.9 Å². The minimum Gasteiger partial charge on any atom is -0.493 e. The lowest BCUT2D eigenvalue weighted by atomic mass is 9.93. The van der Waals surface area contributed by atoms with Gasteiger partial charge in [0.15, 0.2) is 0 Å². The maximum atomic E-state index is 5.74. The zero-order chi connectivity index (χ0) is 14.1. The van der Waals surface area contributed by atoms with Gasteiger partial charge in [-0.15, -0.1) is 0 Å². The van der Waals surface area contributed by atoms with Crippen LogP contribution in [0.1, 0.15) is 35.8 Å². The highest BCUT2D eigenvalue weighted by Crippen LogP contribution is 2.41. The molecule has 108 valence electrons. The normalized spacial score (nSPS) is 26.8. The first kappa shape index (κ1) is 12.9. The van der Waals surface area contributed by atoms with E-state index in [1.807, 2.05) is 0 Å². The molecule has 1 heterocycles. The van der Waals surface area contributed by atoms with Crippen molar-refractivity contribution in [1.29, 1.82) is 0 Å². The Kier molecular flexibility index (Phi) is 3.40. The SMILES string of the molecule is c1ccc(C2CC2NCC2CCOc3ccccc32)cc1. The molecule has 3 atom stereocenters. The highest BCUT2D eigenvalue weighted by atomic mass is 16.5. The van der Waals surface area contributed by atoms with Crippen molar-refractivity contribution in [3.63, 3.8) is 0 Å². The molecule has 21 heavy (non-hydrogen) atoms. The van der Waals surface area contributed by atoms with E-state index in [-0.39, 0.29) is 0 Å². The van der Waals surface area contributed by atoms with Gasteiger partial charge in [0.25, 0.3) is 0 Å². The summed E-state index contributed by atoms with van der Waals surface area (Å²) >= 11 is 0. The summed E-state index contributed by atoms with van der Waals surface area (Å²) in [6.45, 7) is 1.91. The minimum absolute atomic E-state index is 0.590. The van der Waals surface area contributed by atoms with Crippen LogP contribution in [0.5, 0.6) is 5.75 Å². The molecule has 0 radical (unpaired) electrons. The molecule has 2 aliphatic rings. The maximum absolute atomic E-state index is 5.74. The number of nitrogens with one attached hydrogen (secondary N) is 1. The average Bonchev–Trinajstić information content (AvgIpc) is 3.33. The molecule has 4 rings (SSSR count). The van der Waals surface area contributed by atoms with Gasteiger partial charge in [-0.25, -0.2) is 0 Å². The Bertz CT molecular complexity index is 610. The molecule has 2 nitrogen and oxygen atoms in total. The lowest BCUT2D eigenvalue weighted by Crippen LogP contribution is -2.28. The van der Waals surface area contributed by atoms with Crippen LogP contribution in [0, 0.1) is 0 Å². The zero-order valence-corrected chi connectivity index (χ0v) is 12.2. The first-order chi connectivity index (χ1) is 10.4. The molecule has 1 fully saturated rings. The smallest absolute Gasteiger partial charge is 0.122 e. The lowest BCUT2D eigenvalue weighted by molar-refractivity contribution is 0.264. The van der Waals surface area contributed by atoms with Crippen LogP contribution in [-0.4, -0.2) is 19.2 Å². The molecule has 1 aliphatic heterocycles. The van der Waals surface area contributed by atoms with E-state index in [9.17, 15) is 0 Å². The van der Waals surface area contributed by atoms with Gasteiger partial charge in [-0.05, 0) is 30.0 Å². The summed E-state index contributed by atoms with van der Waals surface area (Å²) in [5.41, 5.74) is 2.84. The highest BCUT2D eigenvalue weighted by molar-refractivity contribution is 5.38. The van der Waals surface area contributed by atoms with Gasteiger partial charge in [-0.1, -0.05) is 48.5 Å². The van der Waals surface area contributed by atoms with Gasteiger partial charge >= 0.3 is 0 Å². The summed E-state index contributed by atoms with van der Waals surface area (Å²) in [5.74, 6) is 2.37. The molecule has 1 aliphatic carbocycles. The summed E-state index contributed by atoms with van der Waals surface area (Å²) in [6, 6.07) is 20.0. The summed E-state index contributed by atoms with van der Waals surface area (Å²) in [6.07, 6.45) is 2.39. The number of hydrogen-bond acceptors (Lipinski definition) is 2. The van der Waals surface area contributed by atoms with Crippen LogP contribution in [0.15, 0.2) is 54.6 Å². The van der Waals surface area contributed by atoms with Gasteiger partial charge in [-0.3, -0.25) is 0 Å². The topological polar surface area (TPSA) is 21.3 Å². The van der Waals surface area contributed by atoms with Crippen LogP contribution in [0.2, 0.25) is 0 Å². The van der Waals surface area contributed by atoms with E-state index in [1.165, 1.54) is 17.5 Å².